The smallest absolute Gasteiger partial charge is 0.240 e. The third-order valence-electron chi connectivity index (χ3n) is 3.41. The molecule has 1 saturated heterocycles. The van der Waals surface area contributed by atoms with Crippen LogP contribution in [-0.4, -0.2) is 42.0 Å². The van der Waals surface area contributed by atoms with Gasteiger partial charge in [-0.15, -0.1) is 11.6 Å². The molecular formula is C12H20ClNO2. The minimum atomic E-state index is -0.401. The number of rotatable bonds is 4. The standard InChI is InChI=1S/C12H20ClNO2/c1-9(13)12(15)14(8-10-2-3-10)11-4-6-16-7-5-11/h9-11H,2-8H2,1H3/t9-/m0/s1. The number of hydrogen-bond donors (Lipinski definition) is 0. The first kappa shape index (κ1) is 12.2. The normalized spacial score (nSPS) is 24.1. The average molecular weight is 246 g/mol. The number of nitrogens with zero attached hydrogens (tertiary/aromatic N) is 1. The molecule has 92 valence electrons. The third-order valence-corrected chi connectivity index (χ3v) is 3.59. The van der Waals surface area contributed by atoms with Crippen LogP contribution in [0.25, 0.3) is 0 Å². The largest absolute Gasteiger partial charge is 0.381 e. The van der Waals surface area contributed by atoms with Crippen molar-refractivity contribution in [1.29, 1.82) is 0 Å². The molecule has 0 spiro atoms. The van der Waals surface area contributed by atoms with Gasteiger partial charge in [-0.2, -0.15) is 0 Å². The Labute approximate surface area is 102 Å². The van der Waals surface area contributed by atoms with Gasteiger partial charge in [0.05, 0.1) is 0 Å². The summed E-state index contributed by atoms with van der Waals surface area (Å²) >= 11 is 5.92. The van der Waals surface area contributed by atoms with Gasteiger partial charge in [0.25, 0.3) is 0 Å². The molecule has 1 heterocycles. The summed E-state index contributed by atoms with van der Waals surface area (Å²) in [6.45, 7) is 4.22. The maximum Gasteiger partial charge on any atom is 0.240 e. The maximum absolute atomic E-state index is 12.1. The van der Waals surface area contributed by atoms with Crippen LogP contribution < -0.4 is 0 Å². The molecule has 0 unspecified atom stereocenters. The number of hydrogen-bond acceptors (Lipinski definition) is 2. The van der Waals surface area contributed by atoms with Crippen LogP contribution in [0.15, 0.2) is 0 Å². The van der Waals surface area contributed by atoms with Crippen molar-refractivity contribution in [2.75, 3.05) is 19.8 Å². The summed E-state index contributed by atoms with van der Waals surface area (Å²) in [5.41, 5.74) is 0. The van der Waals surface area contributed by atoms with E-state index in [2.05, 4.69) is 0 Å². The minimum Gasteiger partial charge on any atom is -0.381 e. The zero-order valence-corrected chi connectivity index (χ0v) is 10.6. The van der Waals surface area contributed by atoms with Gasteiger partial charge >= 0.3 is 0 Å². The second-order valence-corrected chi connectivity index (χ2v) is 5.55. The Morgan fingerprint density at radius 1 is 1.38 bits per heavy atom. The molecule has 2 aliphatic rings. The zero-order chi connectivity index (χ0) is 11.5. The lowest BCUT2D eigenvalue weighted by Crippen LogP contribution is -2.47. The third kappa shape index (κ3) is 3.11. The molecule has 1 aliphatic carbocycles. The minimum absolute atomic E-state index is 0.0977. The van der Waals surface area contributed by atoms with Crippen molar-refractivity contribution in [1.82, 2.24) is 4.90 Å². The topological polar surface area (TPSA) is 29.5 Å². The van der Waals surface area contributed by atoms with E-state index in [9.17, 15) is 4.79 Å². The SMILES string of the molecule is C[C@H](Cl)C(=O)N(CC1CC1)C1CCOCC1. The Bertz CT molecular complexity index is 247. The van der Waals surface area contributed by atoms with Gasteiger partial charge in [0.2, 0.25) is 5.91 Å². The highest BCUT2D eigenvalue weighted by atomic mass is 35.5. The van der Waals surface area contributed by atoms with E-state index in [-0.39, 0.29) is 5.91 Å². The molecule has 1 aliphatic heterocycles. The monoisotopic (exact) mass is 245 g/mol. The van der Waals surface area contributed by atoms with Crippen molar-refractivity contribution >= 4 is 17.5 Å². The fourth-order valence-electron chi connectivity index (χ4n) is 2.22. The quantitative estimate of drug-likeness (QED) is 0.710. The van der Waals surface area contributed by atoms with Crippen LogP contribution in [0.4, 0.5) is 0 Å². The summed E-state index contributed by atoms with van der Waals surface area (Å²) in [5, 5.41) is -0.401. The first-order chi connectivity index (χ1) is 7.68. The summed E-state index contributed by atoms with van der Waals surface area (Å²) < 4.78 is 5.34. The van der Waals surface area contributed by atoms with Gasteiger partial charge in [-0.3, -0.25) is 4.79 Å². The number of alkyl halides is 1. The van der Waals surface area contributed by atoms with E-state index in [4.69, 9.17) is 16.3 Å². The van der Waals surface area contributed by atoms with Gasteiger partial charge in [0, 0.05) is 25.8 Å². The highest BCUT2D eigenvalue weighted by Crippen LogP contribution is 2.31. The van der Waals surface area contributed by atoms with Crippen molar-refractivity contribution in [2.45, 2.75) is 44.0 Å². The first-order valence-corrected chi connectivity index (χ1v) is 6.64. The first-order valence-electron chi connectivity index (χ1n) is 6.20. The molecule has 0 radical (unpaired) electrons. The van der Waals surface area contributed by atoms with E-state index in [1.165, 1.54) is 12.8 Å². The predicted molar refractivity (Wildman–Crippen MR) is 63.6 cm³/mol. The molecule has 2 rings (SSSR count). The molecule has 1 atom stereocenters. The molecule has 16 heavy (non-hydrogen) atoms. The lowest BCUT2D eigenvalue weighted by Gasteiger charge is -2.35. The molecule has 1 amide bonds. The van der Waals surface area contributed by atoms with Crippen LogP contribution in [0.5, 0.6) is 0 Å². The van der Waals surface area contributed by atoms with E-state index in [0.717, 1.165) is 38.5 Å². The molecule has 0 aromatic carbocycles. The number of amides is 1. The lowest BCUT2D eigenvalue weighted by atomic mass is 10.1. The Morgan fingerprint density at radius 2 is 2.00 bits per heavy atom. The van der Waals surface area contributed by atoms with Gasteiger partial charge in [-0.1, -0.05) is 0 Å². The predicted octanol–water partition coefficient (Wildman–Crippen LogP) is 2.03. The van der Waals surface area contributed by atoms with Crippen LogP contribution in [0, 0.1) is 5.92 Å². The lowest BCUT2D eigenvalue weighted by molar-refractivity contribution is -0.135. The fourth-order valence-corrected chi connectivity index (χ4v) is 2.35. The maximum atomic E-state index is 12.1. The molecule has 1 saturated carbocycles. The van der Waals surface area contributed by atoms with Crippen LogP contribution in [0.2, 0.25) is 0 Å². The molecule has 0 N–H and O–H groups in total. The van der Waals surface area contributed by atoms with Crippen LogP contribution in [-0.2, 0) is 9.53 Å². The number of carbonyl (C=O) groups excluding carboxylic acids is 1. The Kier molecular flexibility index (Phi) is 4.09. The van der Waals surface area contributed by atoms with E-state index in [1.54, 1.807) is 6.92 Å². The molecule has 4 heteroatoms. The van der Waals surface area contributed by atoms with Crippen molar-refractivity contribution in [3.05, 3.63) is 0 Å². The average Bonchev–Trinajstić information content (AvgIpc) is 3.10. The Balaban J connectivity index is 1.96. The van der Waals surface area contributed by atoms with Gasteiger partial charge in [0.1, 0.15) is 5.38 Å². The summed E-state index contributed by atoms with van der Waals surface area (Å²) in [6, 6.07) is 0.350. The number of ether oxygens (including phenoxy) is 1. The molecule has 2 fully saturated rings. The molecule has 0 aromatic heterocycles. The van der Waals surface area contributed by atoms with Crippen LogP contribution in [0.1, 0.15) is 32.6 Å². The summed E-state index contributed by atoms with van der Waals surface area (Å²) in [4.78, 5) is 14.1. The van der Waals surface area contributed by atoms with Crippen molar-refractivity contribution in [3.63, 3.8) is 0 Å². The van der Waals surface area contributed by atoms with Crippen LogP contribution in [0.3, 0.4) is 0 Å². The summed E-state index contributed by atoms with van der Waals surface area (Å²) in [6.07, 6.45) is 4.46. The highest BCUT2D eigenvalue weighted by Gasteiger charge is 2.33. The molecule has 0 aromatic rings. The van der Waals surface area contributed by atoms with Crippen molar-refractivity contribution < 1.29 is 9.53 Å². The second kappa shape index (κ2) is 5.37. The van der Waals surface area contributed by atoms with Crippen LogP contribution >= 0.6 is 11.6 Å². The second-order valence-electron chi connectivity index (χ2n) is 4.89. The molecule has 0 bridgehead atoms. The van der Waals surface area contributed by atoms with E-state index >= 15 is 0 Å². The van der Waals surface area contributed by atoms with Crippen molar-refractivity contribution in [3.8, 4) is 0 Å². The summed E-state index contributed by atoms with van der Waals surface area (Å²) in [7, 11) is 0. The van der Waals surface area contributed by atoms with Gasteiger partial charge in [0.15, 0.2) is 0 Å². The number of carbonyl (C=O) groups is 1. The number of halogens is 1. The van der Waals surface area contributed by atoms with Gasteiger partial charge in [-0.25, -0.2) is 0 Å². The highest BCUT2D eigenvalue weighted by molar-refractivity contribution is 6.30. The van der Waals surface area contributed by atoms with Crippen molar-refractivity contribution in [2.24, 2.45) is 5.92 Å². The Morgan fingerprint density at radius 3 is 2.50 bits per heavy atom. The molecule has 3 nitrogen and oxygen atoms in total. The van der Waals surface area contributed by atoms with Gasteiger partial charge < -0.3 is 9.64 Å². The molecular weight excluding hydrogens is 226 g/mol. The van der Waals surface area contributed by atoms with E-state index < -0.39 is 5.38 Å². The Hall–Kier alpha value is -0.280. The zero-order valence-electron chi connectivity index (χ0n) is 9.82. The van der Waals surface area contributed by atoms with Gasteiger partial charge in [-0.05, 0) is 38.5 Å². The fraction of sp³-hybridized carbons (Fsp3) is 0.917. The summed E-state index contributed by atoms with van der Waals surface area (Å²) in [5.74, 6) is 0.822. The van der Waals surface area contributed by atoms with E-state index in [1.807, 2.05) is 4.90 Å². The van der Waals surface area contributed by atoms with E-state index in [0.29, 0.717) is 6.04 Å².